The molecule has 7 nitrogen and oxygen atoms in total. The van der Waals surface area contributed by atoms with Crippen molar-refractivity contribution in [3.63, 3.8) is 0 Å². The molecule has 1 atom stereocenters. The normalized spacial score (nSPS) is 12.6. The Morgan fingerprint density at radius 1 is 1.59 bits per heavy atom. The van der Waals surface area contributed by atoms with Gasteiger partial charge in [0, 0.05) is 12.2 Å². The van der Waals surface area contributed by atoms with Crippen molar-refractivity contribution < 1.29 is 9.90 Å². The molecule has 0 fully saturated rings. The van der Waals surface area contributed by atoms with Crippen molar-refractivity contribution in [1.29, 1.82) is 0 Å². The molecule has 2 heterocycles. The average molecular weight is 235 g/mol. The molecule has 2 aromatic rings. The van der Waals surface area contributed by atoms with Crippen molar-refractivity contribution in [3.05, 3.63) is 23.8 Å². The van der Waals surface area contributed by atoms with E-state index >= 15 is 0 Å². The van der Waals surface area contributed by atoms with E-state index in [1.54, 1.807) is 13.8 Å². The number of carbonyl (C=O) groups is 1. The number of fused-ring (bicyclic) bond motifs is 1. The lowest BCUT2D eigenvalue weighted by Crippen LogP contribution is -2.35. The number of nitrogens with zero attached hydrogens (tertiary/aromatic N) is 4. The van der Waals surface area contributed by atoms with Gasteiger partial charge in [-0.1, -0.05) is 0 Å². The first-order valence-electron chi connectivity index (χ1n) is 5.20. The molecule has 1 amide bonds. The molecule has 2 N–H and O–H groups in total. The van der Waals surface area contributed by atoms with E-state index in [-0.39, 0.29) is 18.6 Å². The number of aliphatic hydroxyl groups is 1. The van der Waals surface area contributed by atoms with Crippen LogP contribution in [-0.4, -0.2) is 43.2 Å². The molecule has 7 heteroatoms. The minimum absolute atomic E-state index is 0.107. The van der Waals surface area contributed by atoms with E-state index in [2.05, 4.69) is 20.4 Å². The summed E-state index contributed by atoms with van der Waals surface area (Å²) in [6.07, 6.45) is 2.84. The number of amides is 1. The zero-order valence-electron chi connectivity index (χ0n) is 9.58. The van der Waals surface area contributed by atoms with E-state index in [0.29, 0.717) is 17.0 Å². The van der Waals surface area contributed by atoms with Crippen LogP contribution in [0.2, 0.25) is 0 Å². The van der Waals surface area contributed by atoms with Crippen LogP contribution in [0, 0.1) is 6.92 Å². The van der Waals surface area contributed by atoms with Crippen molar-refractivity contribution in [2.75, 3.05) is 6.61 Å². The second-order valence-corrected chi connectivity index (χ2v) is 3.79. The molecule has 0 radical (unpaired) electrons. The highest BCUT2D eigenvalue weighted by Crippen LogP contribution is 2.07. The van der Waals surface area contributed by atoms with Crippen molar-refractivity contribution in [3.8, 4) is 0 Å². The number of hydrogen-bond donors (Lipinski definition) is 2. The number of hydrogen-bond acceptors (Lipinski definition) is 5. The number of aliphatic hydroxyl groups excluding tert-OH is 1. The summed E-state index contributed by atoms with van der Waals surface area (Å²) >= 11 is 0. The Labute approximate surface area is 97.5 Å². The molecule has 0 bridgehead atoms. The van der Waals surface area contributed by atoms with Crippen molar-refractivity contribution in [1.82, 2.24) is 24.9 Å². The molecule has 17 heavy (non-hydrogen) atoms. The van der Waals surface area contributed by atoms with E-state index in [1.165, 1.54) is 17.0 Å². The second kappa shape index (κ2) is 4.46. The fourth-order valence-corrected chi connectivity index (χ4v) is 1.46. The minimum Gasteiger partial charge on any atom is -0.394 e. The molecule has 0 spiro atoms. The first-order valence-corrected chi connectivity index (χ1v) is 5.20. The smallest absolute Gasteiger partial charge is 0.254 e. The lowest BCUT2D eigenvalue weighted by atomic mass is 10.2. The van der Waals surface area contributed by atoms with Gasteiger partial charge in [0.25, 0.3) is 11.7 Å². The van der Waals surface area contributed by atoms with Gasteiger partial charge in [-0.15, -0.1) is 0 Å². The predicted octanol–water partition coefficient (Wildman–Crippen LogP) is -0.457. The summed E-state index contributed by atoms with van der Waals surface area (Å²) in [5.74, 6) is 0.170. The molecule has 0 aliphatic rings. The first kappa shape index (κ1) is 11.5. The Balaban J connectivity index is 2.35. The molecule has 0 saturated heterocycles. The summed E-state index contributed by atoms with van der Waals surface area (Å²) in [6, 6.07) is -0.298. The van der Waals surface area contributed by atoms with Crippen LogP contribution in [0.1, 0.15) is 23.0 Å². The Morgan fingerprint density at radius 3 is 3.06 bits per heavy atom. The van der Waals surface area contributed by atoms with E-state index in [0.717, 1.165) is 0 Å². The van der Waals surface area contributed by atoms with Gasteiger partial charge in [0.05, 0.1) is 17.9 Å². The van der Waals surface area contributed by atoms with Crippen LogP contribution >= 0.6 is 0 Å². The molecular weight excluding hydrogens is 222 g/mol. The molecule has 2 aromatic heterocycles. The van der Waals surface area contributed by atoms with Gasteiger partial charge in [0.1, 0.15) is 6.33 Å². The Morgan fingerprint density at radius 2 is 2.35 bits per heavy atom. The Bertz CT molecular complexity index is 551. The molecular formula is C10H13N5O2. The minimum atomic E-state index is -0.298. The Kier molecular flexibility index (Phi) is 3.01. The summed E-state index contributed by atoms with van der Waals surface area (Å²) in [5.41, 5.74) is 1.08. The van der Waals surface area contributed by atoms with Crippen LogP contribution in [0.15, 0.2) is 12.5 Å². The molecule has 0 saturated carbocycles. The second-order valence-electron chi connectivity index (χ2n) is 3.79. The van der Waals surface area contributed by atoms with Crippen molar-refractivity contribution in [2.24, 2.45) is 0 Å². The van der Waals surface area contributed by atoms with E-state index in [9.17, 15) is 4.79 Å². The molecule has 0 aliphatic carbocycles. The van der Waals surface area contributed by atoms with Gasteiger partial charge in [0.2, 0.25) is 0 Å². The standard InChI is InChI=1S/C10H13N5O2/c1-6(4-16)14-9(17)8-3-11-10-12-5-13-15(10)7(8)2/h3,5-6,16H,4H2,1-2H3,(H,14,17)/t6-/m1/s1. The molecule has 0 aromatic carbocycles. The highest BCUT2D eigenvalue weighted by Gasteiger charge is 2.15. The third-order valence-corrected chi connectivity index (χ3v) is 2.44. The zero-order chi connectivity index (χ0) is 12.4. The Hall–Kier alpha value is -2.02. The average Bonchev–Trinajstić information content (AvgIpc) is 2.78. The van der Waals surface area contributed by atoms with Gasteiger partial charge in [-0.05, 0) is 13.8 Å². The maximum absolute atomic E-state index is 11.9. The summed E-state index contributed by atoms with van der Waals surface area (Å²) in [4.78, 5) is 19.8. The predicted molar refractivity (Wildman–Crippen MR) is 59.5 cm³/mol. The van der Waals surface area contributed by atoms with Crippen molar-refractivity contribution >= 4 is 11.7 Å². The first-order chi connectivity index (χ1) is 8.13. The lowest BCUT2D eigenvalue weighted by Gasteiger charge is -2.12. The third kappa shape index (κ3) is 2.09. The number of rotatable bonds is 3. The lowest BCUT2D eigenvalue weighted by molar-refractivity contribution is 0.0920. The molecule has 0 aliphatic heterocycles. The number of carbonyl (C=O) groups excluding carboxylic acids is 1. The fourth-order valence-electron chi connectivity index (χ4n) is 1.46. The van der Waals surface area contributed by atoms with Crippen LogP contribution in [-0.2, 0) is 0 Å². The van der Waals surface area contributed by atoms with Gasteiger partial charge in [-0.2, -0.15) is 10.1 Å². The van der Waals surface area contributed by atoms with Crippen LogP contribution in [0.25, 0.3) is 5.78 Å². The topological polar surface area (TPSA) is 92.4 Å². The number of nitrogens with one attached hydrogen (secondary N) is 1. The molecule has 0 unspecified atom stereocenters. The van der Waals surface area contributed by atoms with Gasteiger partial charge >= 0.3 is 0 Å². The monoisotopic (exact) mass is 235 g/mol. The third-order valence-electron chi connectivity index (χ3n) is 2.44. The summed E-state index contributed by atoms with van der Waals surface area (Å²) in [5, 5.41) is 15.5. The summed E-state index contributed by atoms with van der Waals surface area (Å²) in [6.45, 7) is 3.38. The number of aromatic nitrogens is 4. The SMILES string of the molecule is Cc1c(C(=O)N[C@H](C)CO)cnc2ncnn12. The van der Waals surface area contributed by atoms with E-state index in [1.807, 2.05) is 0 Å². The summed E-state index contributed by atoms with van der Waals surface area (Å²) < 4.78 is 1.50. The van der Waals surface area contributed by atoms with Gasteiger partial charge < -0.3 is 10.4 Å². The van der Waals surface area contributed by atoms with Gasteiger partial charge in [-0.3, -0.25) is 4.79 Å². The summed E-state index contributed by atoms with van der Waals surface area (Å²) in [7, 11) is 0. The highest BCUT2D eigenvalue weighted by atomic mass is 16.3. The quantitative estimate of drug-likeness (QED) is 0.751. The van der Waals surface area contributed by atoms with Crippen LogP contribution in [0.4, 0.5) is 0 Å². The maximum Gasteiger partial charge on any atom is 0.254 e. The van der Waals surface area contributed by atoms with Crippen LogP contribution < -0.4 is 5.32 Å². The molecule has 2 rings (SSSR count). The molecule has 90 valence electrons. The van der Waals surface area contributed by atoms with Gasteiger partial charge in [-0.25, -0.2) is 9.50 Å². The largest absolute Gasteiger partial charge is 0.394 e. The van der Waals surface area contributed by atoms with Gasteiger partial charge in [0.15, 0.2) is 0 Å². The number of aryl methyl sites for hydroxylation is 1. The fraction of sp³-hybridized carbons (Fsp3) is 0.400. The van der Waals surface area contributed by atoms with Crippen LogP contribution in [0.5, 0.6) is 0 Å². The highest BCUT2D eigenvalue weighted by molar-refractivity contribution is 5.95. The zero-order valence-corrected chi connectivity index (χ0v) is 9.58. The van der Waals surface area contributed by atoms with E-state index < -0.39 is 0 Å². The van der Waals surface area contributed by atoms with Crippen molar-refractivity contribution in [2.45, 2.75) is 19.9 Å². The van der Waals surface area contributed by atoms with Crippen LogP contribution in [0.3, 0.4) is 0 Å². The van der Waals surface area contributed by atoms with E-state index in [4.69, 9.17) is 5.11 Å². The maximum atomic E-state index is 11.9.